The van der Waals surface area contributed by atoms with Crippen LogP contribution >= 0.6 is 0 Å². The SMILES string of the molecule is CCCOC1C(O)CC1Oc1ccc(C(C)C)cc1. The highest BCUT2D eigenvalue weighted by Gasteiger charge is 2.42. The van der Waals surface area contributed by atoms with E-state index in [1.807, 2.05) is 12.1 Å². The van der Waals surface area contributed by atoms with E-state index in [1.165, 1.54) is 5.56 Å². The van der Waals surface area contributed by atoms with Crippen LogP contribution in [0.3, 0.4) is 0 Å². The third-order valence-corrected chi connectivity index (χ3v) is 3.57. The van der Waals surface area contributed by atoms with Gasteiger partial charge in [0.2, 0.25) is 0 Å². The van der Waals surface area contributed by atoms with E-state index in [0.717, 1.165) is 12.2 Å². The molecule has 3 atom stereocenters. The second-order valence-corrected chi connectivity index (χ2v) is 5.52. The standard InChI is InChI=1S/C16H24O3/c1-4-9-18-16-14(17)10-15(16)19-13-7-5-12(6-8-13)11(2)3/h5-8,11,14-17H,4,9-10H2,1-3H3. The molecule has 0 aliphatic heterocycles. The molecule has 19 heavy (non-hydrogen) atoms. The molecule has 1 aromatic rings. The van der Waals surface area contributed by atoms with Crippen LogP contribution < -0.4 is 4.74 Å². The highest BCUT2D eigenvalue weighted by atomic mass is 16.6. The lowest BCUT2D eigenvalue weighted by Gasteiger charge is -2.40. The molecular weight excluding hydrogens is 240 g/mol. The third kappa shape index (κ3) is 3.48. The highest BCUT2D eigenvalue weighted by Crippen LogP contribution is 2.29. The summed E-state index contributed by atoms with van der Waals surface area (Å²) in [6.07, 6.45) is 1.03. The van der Waals surface area contributed by atoms with Crippen LogP contribution in [-0.4, -0.2) is 30.0 Å². The minimum atomic E-state index is -0.383. The Morgan fingerprint density at radius 3 is 2.47 bits per heavy atom. The van der Waals surface area contributed by atoms with Crippen LogP contribution in [0, 0.1) is 0 Å². The molecule has 0 heterocycles. The lowest BCUT2D eigenvalue weighted by Crippen LogP contribution is -2.55. The number of aliphatic hydroxyl groups is 1. The molecule has 1 saturated carbocycles. The Labute approximate surface area is 115 Å². The van der Waals surface area contributed by atoms with Crippen molar-refractivity contribution in [2.45, 2.75) is 57.8 Å². The van der Waals surface area contributed by atoms with E-state index in [9.17, 15) is 5.11 Å². The fraction of sp³-hybridized carbons (Fsp3) is 0.625. The molecule has 0 spiro atoms. The van der Waals surface area contributed by atoms with Crippen molar-refractivity contribution in [3.05, 3.63) is 29.8 Å². The first-order valence-corrected chi connectivity index (χ1v) is 7.18. The average Bonchev–Trinajstić information content (AvgIpc) is 2.39. The van der Waals surface area contributed by atoms with Gasteiger partial charge in [0.1, 0.15) is 18.0 Å². The van der Waals surface area contributed by atoms with E-state index >= 15 is 0 Å². The van der Waals surface area contributed by atoms with Gasteiger partial charge in [0.05, 0.1) is 6.10 Å². The molecule has 0 bridgehead atoms. The van der Waals surface area contributed by atoms with Gasteiger partial charge in [0.25, 0.3) is 0 Å². The molecule has 1 fully saturated rings. The lowest BCUT2D eigenvalue weighted by molar-refractivity contribution is -0.162. The van der Waals surface area contributed by atoms with Gasteiger partial charge in [-0.2, -0.15) is 0 Å². The van der Waals surface area contributed by atoms with E-state index in [2.05, 4.69) is 32.9 Å². The van der Waals surface area contributed by atoms with Gasteiger partial charge in [-0.3, -0.25) is 0 Å². The van der Waals surface area contributed by atoms with Gasteiger partial charge in [0, 0.05) is 13.0 Å². The Morgan fingerprint density at radius 2 is 1.95 bits per heavy atom. The molecule has 1 aromatic carbocycles. The van der Waals surface area contributed by atoms with Gasteiger partial charge in [-0.05, 0) is 30.0 Å². The fourth-order valence-corrected chi connectivity index (χ4v) is 2.25. The first-order valence-electron chi connectivity index (χ1n) is 7.18. The second kappa shape index (κ2) is 6.40. The molecule has 3 nitrogen and oxygen atoms in total. The minimum absolute atomic E-state index is 0.0218. The summed E-state index contributed by atoms with van der Waals surface area (Å²) in [5.74, 6) is 1.38. The third-order valence-electron chi connectivity index (χ3n) is 3.57. The molecule has 0 radical (unpaired) electrons. The Morgan fingerprint density at radius 1 is 1.26 bits per heavy atom. The zero-order valence-corrected chi connectivity index (χ0v) is 12.0. The van der Waals surface area contributed by atoms with Gasteiger partial charge in [-0.15, -0.1) is 0 Å². The van der Waals surface area contributed by atoms with Crippen LogP contribution in [0.25, 0.3) is 0 Å². The minimum Gasteiger partial charge on any atom is -0.488 e. The molecule has 2 rings (SSSR count). The molecule has 0 amide bonds. The second-order valence-electron chi connectivity index (χ2n) is 5.52. The van der Waals surface area contributed by atoms with Gasteiger partial charge < -0.3 is 14.6 Å². The van der Waals surface area contributed by atoms with E-state index < -0.39 is 0 Å². The summed E-state index contributed by atoms with van der Waals surface area (Å²) in [5, 5.41) is 9.69. The molecule has 1 N–H and O–H groups in total. The first-order chi connectivity index (χ1) is 9.11. The van der Waals surface area contributed by atoms with E-state index in [4.69, 9.17) is 9.47 Å². The summed E-state index contributed by atoms with van der Waals surface area (Å²) < 4.78 is 11.5. The Hall–Kier alpha value is -1.06. The molecule has 3 unspecified atom stereocenters. The van der Waals surface area contributed by atoms with Crippen molar-refractivity contribution in [3.63, 3.8) is 0 Å². The largest absolute Gasteiger partial charge is 0.488 e. The van der Waals surface area contributed by atoms with Gasteiger partial charge in [-0.25, -0.2) is 0 Å². The maximum absolute atomic E-state index is 9.69. The molecule has 1 aliphatic carbocycles. The van der Waals surface area contributed by atoms with Crippen LogP contribution in [0.15, 0.2) is 24.3 Å². The molecule has 0 aromatic heterocycles. The summed E-state index contributed by atoms with van der Waals surface area (Å²) in [6.45, 7) is 7.08. The maximum atomic E-state index is 9.69. The van der Waals surface area contributed by atoms with Crippen molar-refractivity contribution in [1.82, 2.24) is 0 Å². The van der Waals surface area contributed by atoms with Crippen molar-refractivity contribution < 1.29 is 14.6 Å². The van der Waals surface area contributed by atoms with Crippen molar-refractivity contribution in [1.29, 1.82) is 0 Å². The molecule has 1 aliphatic rings. The smallest absolute Gasteiger partial charge is 0.130 e. The average molecular weight is 264 g/mol. The number of aliphatic hydroxyl groups excluding tert-OH is 1. The number of benzene rings is 1. The predicted molar refractivity (Wildman–Crippen MR) is 75.6 cm³/mol. The molecule has 3 heteroatoms. The number of rotatable bonds is 6. The topological polar surface area (TPSA) is 38.7 Å². The number of hydrogen-bond donors (Lipinski definition) is 1. The van der Waals surface area contributed by atoms with Crippen molar-refractivity contribution in [3.8, 4) is 5.75 Å². The van der Waals surface area contributed by atoms with E-state index in [0.29, 0.717) is 18.9 Å². The van der Waals surface area contributed by atoms with Crippen molar-refractivity contribution >= 4 is 0 Å². The van der Waals surface area contributed by atoms with E-state index in [1.54, 1.807) is 0 Å². The molecule has 0 saturated heterocycles. The van der Waals surface area contributed by atoms with Crippen molar-refractivity contribution in [2.75, 3.05) is 6.61 Å². The monoisotopic (exact) mass is 264 g/mol. The van der Waals surface area contributed by atoms with Crippen molar-refractivity contribution in [2.24, 2.45) is 0 Å². The Kier molecular flexibility index (Phi) is 4.83. The molecular formula is C16H24O3. The fourth-order valence-electron chi connectivity index (χ4n) is 2.25. The first kappa shape index (κ1) is 14.4. The zero-order chi connectivity index (χ0) is 13.8. The summed E-state index contributed by atoms with van der Waals surface area (Å²) >= 11 is 0. The van der Waals surface area contributed by atoms with Crippen LogP contribution in [0.1, 0.15) is 45.1 Å². The normalized spacial score (nSPS) is 26.3. The summed E-state index contributed by atoms with van der Waals surface area (Å²) in [7, 11) is 0. The van der Waals surface area contributed by atoms with Gasteiger partial charge >= 0.3 is 0 Å². The maximum Gasteiger partial charge on any atom is 0.130 e. The van der Waals surface area contributed by atoms with Gasteiger partial charge in [0.15, 0.2) is 0 Å². The predicted octanol–water partition coefficient (Wildman–Crippen LogP) is 3.12. The van der Waals surface area contributed by atoms with Crippen LogP contribution in [-0.2, 0) is 4.74 Å². The summed E-state index contributed by atoms with van der Waals surface area (Å²) in [4.78, 5) is 0. The molecule has 106 valence electrons. The highest BCUT2D eigenvalue weighted by molar-refractivity contribution is 5.29. The lowest BCUT2D eigenvalue weighted by atomic mass is 9.88. The number of ether oxygens (including phenoxy) is 2. The van der Waals surface area contributed by atoms with Crippen LogP contribution in [0.5, 0.6) is 5.75 Å². The van der Waals surface area contributed by atoms with Crippen LogP contribution in [0.2, 0.25) is 0 Å². The van der Waals surface area contributed by atoms with E-state index in [-0.39, 0.29) is 18.3 Å². The van der Waals surface area contributed by atoms with Gasteiger partial charge in [-0.1, -0.05) is 32.9 Å². The Bertz CT molecular complexity index is 385. The Balaban J connectivity index is 1.90. The zero-order valence-electron chi connectivity index (χ0n) is 12.0. The van der Waals surface area contributed by atoms with Crippen LogP contribution in [0.4, 0.5) is 0 Å². The summed E-state index contributed by atoms with van der Waals surface area (Å²) in [5.41, 5.74) is 1.31. The summed E-state index contributed by atoms with van der Waals surface area (Å²) in [6, 6.07) is 8.18. The quantitative estimate of drug-likeness (QED) is 0.858. The number of hydrogen-bond acceptors (Lipinski definition) is 3.